The second kappa shape index (κ2) is 6.37. The molecule has 0 heterocycles. The number of carbonyl (C=O) groups excluding carboxylic acids is 2. The van der Waals surface area contributed by atoms with E-state index in [4.69, 9.17) is 5.73 Å². The molecule has 0 spiro atoms. The van der Waals surface area contributed by atoms with Crippen LogP contribution >= 0.6 is 0 Å². The normalized spacial score (nSPS) is 27.2. The fourth-order valence-corrected chi connectivity index (χ4v) is 2.76. The number of nitrogens with zero attached hydrogens (tertiary/aromatic N) is 1. The van der Waals surface area contributed by atoms with Gasteiger partial charge in [-0.3, -0.25) is 9.59 Å². The standard InChI is InChI=1S/C14H26N2O3/c1-10(2)16(9-12(17)19-4)13(18)14(15)7-5-6-11(3)8-14/h10-11H,5-9,15H2,1-4H3. The third-order valence-corrected chi connectivity index (χ3v) is 3.87. The predicted molar refractivity (Wildman–Crippen MR) is 73.4 cm³/mol. The Morgan fingerprint density at radius 1 is 1.47 bits per heavy atom. The molecule has 5 heteroatoms. The number of rotatable bonds is 4. The third-order valence-electron chi connectivity index (χ3n) is 3.87. The average Bonchev–Trinajstić information content (AvgIpc) is 2.34. The first-order chi connectivity index (χ1) is 8.80. The van der Waals surface area contributed by atoms with Gasteiger partial charge in [0, 0.05) is 6.04 Å². The van der Waals surface area contributed by atoms with Gasteiger partial charge >= 0.3 is 5.97 Å². The molecule has 1 fully saturated rings. The Morgan fingerprint density at radius 2 is 2.11 bits per heavy atom. The number of carbonyl (C=O) groups is 2. The maximum absolute atomic E-state index is 12.7. The molecule has 0 radical (unpaired) electrons. The van der Waals surface area contributed by atoms with E-state index in [1.807, 2.05) is 13.8 Å². The molecule has 0 bridgehead atoms. The zero-order valence-corrected chi connectivity index (χ0v) is 12.4. The van der Waals surface area contributed by atoms with Crippen molar-refractivity contribution in [2.45, 2.75) is 58.0 Å². The molecule has 5 nitrogen and oxygen atoms in total. The van der Waals surface area contributed by atoms with E-state index in [1.165, 1.54) is 12.0 Å². The fourth-order valence-electron chi connectivity index (χ4n) is 2.76. The topological polar surface area (TPSA) is 72.6 Å². The predicted octanol–water partition coefficient (Wildman–Crippen LogP) is 1.30. The van der Waals surface area contributed by atoms with Gasteiger partial charge in [-0.1, -0.05) is 19.8 Å². The second-order valence-electron chi connectivity index (χ2n) is 5.96. The molecule has 1 aliphatic rings. The van der Waals surface area contributed by atoms with Crippen molar-refractivity contribution in [1.82, 2.24) is 4.90 Å². The van der Waals surface area contributed by atoms with Gasteiger partial charge in [-0.2, -0.15) is 0 Å². The van der Waals surface area contributed by atoms with Crippen LogP contribution in [0.3, 0.4) is 0 Å². The molecular formula is C14H26N2O3. The van der Waals surface area contributed by atoms with Gasteiger partial charge in [0.25, 0.3) is 0 Å². The molecule has 0 aromatic heterocycles. The minimum absolute atomic E-state index is 0.0274. The Morgan fingerprint density at radius 3 is 2.58 bits per heavy atom. The van der Waals surface area contributed by atoms with Crippen LogP contribution < -0.4 is 5.73 Å². The van der Waals surface area contributed by atoms with Gasteiger partial charge in [0.1, 0.15) is 6.54 Å². The Bertz CT molecular complexity index is 344. The van der Waals surface area contributed by atoms with Gasteiger partial charge in [0.05, 0.1) is 12.6 Å². The van der Waals surface area contributed by atoms with Gasteiger partial charge in [0.2, 0.25) is 5.91 Å². The summed E-state index contributed by atoms with van der Waals surface area (Å²) in [6.45, 7) is 5.86. The van der Waals surface area contributed by atoms with Crippen LogP contribution in [0.1, 0.15) is 46.5 Å². The average molecular weight is 270 g/mol. The zero-order valence-electron chi connectivity index (χ0n) is 12.4. The maximum atomic E-state index is 12.7. The SMILES string of the molecule is COC(=O)CN(C(=O)C1(N)CCCC(C)C1)C(C)C. The van der Waals surface area contributed by atoms with E-state index < -0.39 is 11.5 Å². The molecule has 110 valence electrons. The summed E-state index contributed by atoms with van der Waals surface area (Å²) in [6.07, 6.45) is 3.47. The molecule has 1 amide bonds. The molecule has 2 unspecified atom stereocenters. The fraction of sp³-hybridized carbons (Fsp3) is 0.857. The lowest BCUT2D eigenvalue weighted by atomic mass is 9.76. The van der Waals surface area contributed by atoms with E-state index in [0.29, 0.717) is 18.8 Å². The first-order valence-corrected chi connectivity index (χ1v) is 6.97. The van der Waals surface area contributed by atoms with Crippen LogP contribution in [0.15, 0.2) is 0 Å². The largest absolute Gasteiger partial charge is 0.468 e. The highest BCUT2D eigenvalue weighted by atomic mass is 16.5. The maximum Gasteiger partial charge on any atom is 0.325 e. The molecule has 1 rings (SSSR count). The summed E-state index contributed by atoms with van der Waals surface area (Å²) in [6, 6.07) is -0.0655. The molecule has 1 saturated carbocycles. The summed E-state index contributed by atoms with van der Waals surface area (Å²) in [7, 11) is 1.33. The van der Waals surface area contributed by atoms with Gasteiger partial charge in [-0.25, -0.2) is 0 Å². The molecule has 19 heavy (non-hydrogen) atoms. The molecule has 2 atom stereocenters. The number of nitrogens with two attached hydrogens (primary N) is 1. The van der Waals surface area contributed by atoms with E-state index in [0.717, 1.165) is 12.8 Å². The van der Waals surface area contributed by atoms with Crippen molar-refractivity contribution in [2.24, 2.45) is 11.7 Å². The lowest BCUT2D eigenvalue weighted by molar-refractivity contribution is -0.151. The molecule has 0 aromatic rings. The second-order valence-corrected chi connectivity index (χ2v) is 5.96. The van der Waals surface area contributed by atoms with E-state index in [9.17, 15) is 9.59 Å². The summed E-state index contributed by atoms with van der Waals surface area (Å²) in [4.78, 5) is 25.6. The van der Waals surface area contributed by atoms with Gasteiger partial charge in [-0.05, 0) is 32.6 Å². The van der Waals surface area contributed by atoms with E-state index >= 15 is 0 Å². The minimum Gasteiger partial charge on any atom is -0.468 e. The van der Waals surface area contributed by atoms with Crippen LogP contribution in [0, 0.1) is 5.92 Å². The van der Waals surface area contributed by atoms with Crippen LogP contribution in [0.25, 0.3) is 0 Å². The van der Waals surface area contributed by atoms with Crippen LogP contribution in [0.5, 0.6) is 0 Å². The monoisotopic (exact) mass is 270 g/mol. The third kappa shape index (κ3) is 3.93. The first kappa shape index (κ1) is 16.0. The summed E-state index contributed by atoms with van der Waals surface area (Å²) in [5, 5.41) is 0. The first-order valence-electron chi connectivity index (χ1n) is 6.97. The van der Waals surface area contributed by atoms with Crippen molar-refractivity contribution in [3.8, 4) is 0 Å². The number of ether oxygens (including phenoxy) is 1. The van der Waals surface area contributed by atoms with Crippen LogP contribution in [0.2, 0.25) is 0 Å². The van der Waals surface area contributed by atoms with Crippen molar-refractivity contribution >= 4 is 11.9 Å². The summed E-state index contributed by atoms with van der Waals surface area (Å²) < 4.78 is 4.65. The number of hydrogen-bond donors (Lipinski definition) is 1. The summed E-state index contributed by atoms with van der Waals surface area (Å²) in [5.74, 6) is -0.0798. The van der Waals surface area contributed by atoms with Gasteiger partial charge in [0.15, 0.2) is 0 Å². The quantitative estimate of drug-likeness (QED) is 0.782. The van der Waals surface area contributed by atoms with Crippen molar-refractivity contribution in [3.63, 3.8) is 0 Å². The number of methoxy groups -OCH3 is 1. The zero-order chi connectivity index (χ0) is 14.6. The lowest BCUT2D eigenvalue weighted by Gasteiger charge is -2.40. The van der Waals surface area contributed by atoms with Crippen molar-refractivity contribution < 1.29 is 14.3 Å². The summed E-state index contributed by atoms with van der Waals surface area (Å²) >= 11 is 0. The highest BCUT2D eigenvalue weighted by molar-refractivity contribution is 5.89. The number of esters is 1. The van der Waals surface area contributed by atoms with Gasteiger partial charge in [-0.15, -0.1) is 0 Å². The van der Waals surface area contributed by atoms with E-state index in [1.54, 1.807) is 0 Å². The van der Waals surface area contributed by atoms with Crippen molar-refractivity contribution in [3.05, 3.63) is 0 Å². The summed E-state index contributed by atoms with van der Waals surface area (Å²) in [5.41, 5.74) is 5.48. The van der Waals surface area contributed by atoms with E-state index in [2.05, 4.69) is 11.7 Å². The minimum atomic E-state index is -0.823. The van der Waals surface area contributed by atoms with Crippen LogP contribution in [-0.2, 0) is 14.3 Å². The Hall–Kier alpha value is -1.10. The molecular weight excluding hydrogens is 244 g/mol. The van der Waals surface area contributed by atoms with Crippen molar-refractivity contribution in [2.75, 3.05) is 13.7 Å². The highest BCUT2D eigenvalue weighted by Gasteiger charge is 2.41. The Kier molecular flexibility index (Phi) is 5.35. The number of amides is 1. The van der Waals surface area contributed by atoms with Crippen molar-refractivity contribution in [1.29, 1.82) is 0 Å². The van der Waals surface area contributed by atoms with Gasteiger partial charge < -0.3 is 15.4 Å². The Balaban J connectivity index is 2.83. The molecule has 0 aliphatic heterocycles. The number of hydrogen-bond acceptors (Lipinski definition) is 4. The smallest absolute Gasteiger partial charge is 0.325 e. The molecule has 0 aromatic carbocycles. The van der Waals surface area contributed by atoms with Crippen LogP contribution in [0.4, 0.5) is 0 Å². The molecule has 0 saturated heterocycles. The molecule has 1 aliphatic carbocycles. The van der Waals surface area contributed by atoms with E-state index in [-0.39, 0.29) is 18.5 Å². The Labute approximate surface area is 115 Å². The lowest BCUT2D eigenvalue weighted by Crippen LogP contribution is -2.59. The van der Waals surface area contributed by atoms with Crippen LogP contribution in [-0.4, -0.2) is 42.0 Å². The highest BCUT2D eigenvalue weighted by Crippen LogP contribution is 2.32. The molecule has 2 N–H and O–H groups in total.